The van der Waals surface area contributed by atoms with Crippen LogP contribution in [0, 0.1) is 0 Å². The van der Waals surface area contributed by atoms with Gasteiger partial charge in [-0.25, -0.2) is 4.79 Å². The molecule has 1 aliphatic carbocycles. The number of hydrogen-bond donors (Lipinski definition) is 2. The van der Waals surface area contributed by atoms with Gasteiger partial charge in [-0.15, -0.1) is 0 Å². The lowest BCUT2D eigenvalue weighted by molar-refractivity contribution is 0.0943. The molecule has 0 bridgehead atoms. The zero-order valence-electron chi connectivity index (χ0n) is 16.5. The molecule has 6 nitrogen and oxygen atoms in total. The Morgan fingerprint density at radius 3 is 2.52 bits per heavy atom. The second kappa shape index (κ2) is 7.70. The first-order valence-electron chi connectivity index (χ1n) is 10.1. The largest absolute Gasteiger partial charge is 0.351 e. The Hall–Kier alpha value is -3.15. The minimum absolute atomic E-state index is 0.0308. The zero-order chi connectivity index (χ0) is 20.4. The monoisotopic (exact) mass is 391 g/mol. The van der Waals surface area contributed by atoms with Crippen LogP contribution in [0.2, 0.25) is 0 Å². The van der Waals surface area contributed by atoms with Crippen molar-refractivity contribution >= 4 is 16.8 Å². The Morgan fingerprint density at radius 1 is 1.10 bits per heavy atom. The molecule has 0 saturated heterocycles. The average Bonchev–Trinajstić information content (AvgIpc) is 3.23. The number of benzene rings is 2. The molecule has 6 heteroatoms. The molecule has 1 heterocycles. The lowest BCUT2D eigenvalue weighted by Gasteiger charge is -2.30. The minimum Gasteiger partial charge on any atom is -0.351 e. The summed E-state index contributed by atoms with van der Waals surface area (Å²) in [4.78, 5) is 40.0. The number of aromatic amines is 1. The molecule has 2 aromatic carbocycles. The number of rotatable bonds is 5. The number of carbonyl (C=O) groups excluding carboxylic acids is 1. The third kappa shape index (κ3) is 3.50. The van der Waals surface area contributed by atoms with Gasteiger partial charge in [0.2, 0.25) is 0 Å². The minimum atomic E-state index is -0.462. The van der Waals surface area contributed by atoms with Gasteiger partial charge in [-0.05, 0) is 43.5 Å². The van der Waals surface area contributed by atoms with Crippen molar-refractivity contribution < 1.29 is 4.79 Å². The summed E-state index contributed by atoms with van der Waals surface area (Å²) in [5, 5.41) is 3.48. The van der Waals surface area contributed by atoms with E-state index in [1.165, 1.54) is 5.56 Å². The maximum atomic E-state index is 12.8. The summed E-state index contributed by atoms with van der Waals surface area (Å²) in [5.41, 5.74) is 1.25. The highest BCUT2D eigenvalue weighted by Crippen LogP contribution is 2.40. The second-order valence-electron chi connectivity index (χ2n) is 7.78. The van der Waals surface area contributed by atoms with Crippen LogP contribution in [0.4, 0.5) is 0 Å². The van der Waals surface area contributed by atoms with Gasteiger partial charge in [0.05, 0.1) is 10.9 Å². The maximum Gasteiger partial charge on any atom is 0.328 e. The number of nitrogens with zero attached hydrogens (tertiary/aromatic N) is 1. The van der Waals surface area contributed by atoms with Crippen LogP contribution in [0.5, 0.6) is 0 Å². The number of carbonyl (C=O) groups is 1. The van der Waals surface area contributed by atoms with Crippen LogP contribution in [0.1, 0.15) is 48.5 Å². The first-order valence-corrected chi connectivity index (χ1v) is 10.1. The number of H-pyrrole nitrogens is 1. The van der Waals surface area contributed by atoms with Gasteiger partial charge in [0, 0.05) is 24.1 Å². The normalized spacial score (nSPS) is 15.5. The number of nitrogens with one attached hydrogen (secondary N) is 2. The molecule has 0 unspecified atom stereocenters. The van der Waals surface area contributed by atoms with E-state index in [-0.39, 0.29) is 16.9 Å². The van der Waals surface area contributed by atoms with E-state index in [0.717, 1.165) is 30.3 Å². The van der Waals surface area contributed by atoms with Gasteiger partial charge >= 0.3 is 5.69 Å². The van der Waals surface area contributed by atoms with Crippen molar-refractivity contribution in [2.24, 2.45) is 0 Å². The predicted molar refractivity (Wildman–Crippen MR) is 113 cm³/mol. The molecule has 0 radical (unpaired) electrons. The molecule has 150 valence electrons. The maximum absolute atomic E-state index is 12.8. The van der Waals surface area contributed by atoms with Gasteiger partial charge in [-0.1, -0.05) is 43.2 Å². The summed E-state index contributed by atoms with van der Waals surface area (Å²) in [5.74, 6) is -0.199. The third-order valence-corrected chi connectivity index (χ3v) is 6.09. The van der Waals surface area contributed by atoms with Crippen LogP contribution in [-0.4, -0.2) is 22.0 Å². The van der Waals surface area contributed by atoms with E-state index in [9.17, 15) is 14.4 Å². The number of amides is 1. The van der Waals surface area contributed by atoms with E-state index in [2.05, 4.69) is 22.4 Å². The van der Waals surface area contributed by atoms with Crippen LogP contribution in [0.25, 0.3) is 10.9 Å². The highest BCUT2D eigenvalue weighted by Gasteiger charge is 2.35. The molecule has 0 atom stereocenters. The standard InChI is InChI=1S/C23H25N3O3/c1-2-26-21(28)18-11-10-16(14-19(18)25-22(26)29)20(27)24-15-23(12-6-7-13-23)17-8-4-3-5-9-17/h3-5,8-11,14H,2,6-7,12-13,15H2,1H3,(H,24,27)(H,25,29). The molecular formula is C23H25N3O3. The van der Waals surface area contributed by atoms with Crippen LogP contribution >= 0.6 is 0 Å². The van der Waals surface area contributed by atoms with Gasteiger partial charge < -0.3 is 10.3 Å². The topological polar surface area (TPSA) is 84.0 Å². The lowest BCUT2D eigenvalue weighted by atomic mass is 9.79. The number of hydrogen-bond acceptors (Lipinski definition) is 3. The van der Waals surface area contributed by atoms with Gasteiger partial charge in [-0.2, -0.15) is 0 Å². The molecule has 1 fully saturated rings. The van der Waals surface area contributed by atoms with E-state index < -0.39 is 5.69 Å². The van der Waals surface area contributed by atoms with E-state index in [1.54, 1.807) is 25.1 Å². The summed E-state index contributed by atoms with van der Waals surface area (Å²) in [6.45, 7) is 2.62. The summed E-state index contributed by atoms with van der Waals surface area (Å²) < 4.78 is 1.14. The molecule has 3 aromatic rings. The predicted octanol–water partition coefficient (Wildman–Crippen LogP) is 2.95. The third-order valence-electron chi connectivity index (χ3n) is 6.09. The van der Waals surface area contributed by atoms with E-state index in [4.69, 9.17) is 0 Å². The second-order valence-corrected chi connectivity index (χ2v) is 7.78. The fourth-order valence-corrected chi connectivity index (χ4v) is 4.45. The molecule has 1 saturated carbocycles. The molecular weight excluding hydrogens is 366 g/mol. The summed E-state index contributed by atoms with van der Waals surface area (Å²) in [7, 11) is 0. The van der Waals surface area contributed by atoms with Gasteiger partial charge in [0.1, 0.15) is 0 Å². The SMILES string of the molecule is CCn1c(=O)[nH]c2cc(C(=O)NCC3(c4ccccc4)CCCC3)ccc2c1=O. The molecule has 2 N–H and O–H groups in total. The number of aromatic nitrogens is 2. The molecule has 1 amide bonds. The van der Waals surface area contributed by atoms with Crippen LogP contribution in [0.15, 0.2) is 58.1 Å². The first kappa shape index (κ1) is 19.2. The lowest BCUT2D eigenvalue weighted by Crippen LogP contribution is -2.39. The molecule has 4 rings (SSSR count). The molecule has 0 spiro atoms. The van der Waals surface area contributed by atoms with Crippen molar-refractivity contribution in [3.8, 4) is 0 Å². The summed E-state index contributed by atoms with van der Waals surface area (Å²) in [6.07, 6.45) is 4.43. The Balaban J connectivity index is 1.59. The van der Waals surface area contributed by atoms with Gasteiger partial charge in [-0.3, -0.25) is 14.2 Å². The van der Waals surface area contributed by atoms with E-state index in [1.807, 2.05) is 18.2 Å². The van der Waals surface area contributed by atoms with Gasteiger partial charge in [0.15, 0.2) is 0 Å². The fourth-order valence-electron chi connectivity index (χ4n) is 4.45. The van der Waals surface area contributed by atoms with Gasteiger partial charge in [0.25, 0.3) is 11.5 Å². The van der Waals surface area contributed by atoms with Crippen molar-refractivity contribution in [2.45, 2.75) is 44.6 Å². The Kier molecular flexibility index (Phi) is 5.09. The average molecular weight is 391 g/mol. The summed E-state index contributed by atoms with van der Waals surface area (Å²) >= 11 is 0. The van der Waals surface area contributed by atoms with Crippen molar-refractivity contribution in [3.05, 3.63) is 80.5 Å². The van der Waals surface area contributed by atoms with E-state index >= 15 is 0 Å². The quantitative estimate of drug-likeness (QED) is 0.701. The summed E-state index contributed by atoms with van der Waals surface area (Å²) in [6, 6.07) is 15.2. The molecule has 1 aromatic heterocycles. The fraction of sp³-hybridized carbons (Fsp3) is 0.348. The van der Waals surface area contributed by atoms with E-state index in [0.29, 0.717) is 29.6 Å². The van der Waals surface area contributed by atoms with Crippen molar-refractivity contribution in [3.63, 3.8) is 0 Å². The Morgan fingerprint density at radius 2 is 1.83 bits per heavy atom. The highest BCUT2D eigenvalue weighted by molar-refractivity contribution is 5.97. The van der Waals surface area contributed by atoms with Crippen LogP contribution < -0.4 is 16.6 Å². The van der Waals surface area contributed by atoms with Crippen molar-refractivity contribution in [2.75, 3.05) is 6.54 Å². The van der Waals surface area contributed by atoms with Crippen molar-refractivity contribution in [1.29, 1.82) is 0 Å². The van der Waals surface area contributed by atoms with Crippen molar-refractivity contribution in [1.82, 2.24) is 14.9 Å². The molecule has 29 heavy (non-hydrogen) atoms. The number of fused-ring (bicyclic) bond motifs is 1. The highest BCUT2D eigenvalue weighted by atomic mass is 16.2. The smallest absolute Gasteiger partial charge is 0.328 e. The van der Waals surface area contributed by atoms with Crippen LogP contribution in [-0.2, 0) is 12.0 Å². The Bertz CT molecular complexity index is 1160. The Labute approximate surface area is 168 Å². The molecule has 0 aliphatic heterocycles. The zero-order valence-corrected chi connectivity index (χ0v) is 16.5. The first-order chi connectivity index (χ1) is 14.0. The van der Waals surface area contributed by atoms with Crippen LogP contribution in [0.3, 0.4) is 0 Å². The molecule has 1 aliphatic rings.